The number of hydrogen-bond donors (Lipinski definition) is 2. The van der Waals surface area contributed by atoms with Crippen LogP contribution in [0.3, 0.4) is 0 Å². The summed E-state index contributed by atoms with van der Waals surface area (Å²) in [4.78, 5) is 23.5. The monoisotopic (exact) mass is 367 g/mol. The molecule has 1 aliphatic carbocycles. The Morgan fingerprint density at radius 3 is 2.30 bits per heavy atom. The molecular formula is C21H21NO5. The Morgan fingerprint density at radius 2 is 1.74 bits per heavy atom. The first-order valence-corrected chi connectivity index (χ1v) is 9.01. The zero-order valence-electron chi connectivity index (χ0n) is 14.8. The maximum atomic E-state index is 12.4. The topological polar surface area (TPSA) is 84.9 Å². The van der Waals surface area contributed by atoms with Crippen LogP contribution in [0.4, 0.5) is 4.79 Å². The quantitative estimate of drug-likeness (QED) is 0.848. The highest BCUT2D eigenvalue weighted by atomic mass is 16.6. The maximum Gasteiger partial charge on any atom is 0.407 e. The third-order valence-electron chi connectivity index (χ3n) is 5.30. The lowest BCUT2D eigenvalue weighted by Gasteiger charge is -2.26. The van der Waals surface area contributed by atoms with Crippen LogP contribution in [0.1, 0.15) is 29.9 Å². The molecule has 27 heavy (non-hydrogen) atoms. The fourth-order valence-electron chi connectivity index (χ4n) is 4.03. The summed E-state index contributed by atoms with van der Waals surface area (Å²) in [5.74, 6) is -1.00. The second kappa shape index (κ2) is 7.04. The molecule has 0 saturated carbocycles. The van der Waals surface area contributed by atoms with Crippen molar-refractivity contribution >= 4 is 12.1 Å². The molecule has 2 aliphatic rings. The van der Waals surface area contributed by atoms with Crippen molar-refractivity contribution in [3.63, 3.8) is 0 Å². The lowest BCUT2D eigenvalue weighted by Crippen LogP contribution is -2.50. The zero-order valence-corrected chi connectivity index (χ0v) is 14.8. The molecule has 4 rings (SSSR count). The van der Waals surface area contributed by atoms with Crippen LogP contribution >= 0.6 is 0 Å². The number of carboxylic acid groups (broad SMARTS) is 1. The van der Waals surface area contributed by atoms with Gasteiger partial charge in [0.25, 0.3) is 0 Å². The van der Waals surface area contributed by atoms with Crippen molar-refractivity contribution in [2.45, 2.75) is 24.3 Å². The molecule has 2 aromatic rings. The Balaban J connectivity index is 1.47. The number of benzene rings is 2. The van der Waals surface area contributed by atoms with E-state index in [-0.39, 0.29) is 25.6 Å². The van der Waals surface area contributed by atoms with E-state index in [1.54, 1.807) is 0 Å². The fraction of sp³-hybridized carbons (Fsp3) is 0.333. The van der Waals surface area contributed by atoms with E-state index < -0.39 is 17.6 Å². The van der Waals surface area contributed by atoms with Crippen molar-refractivity contribution < 1.29 is 24.2 Å². The summed E-state index contributed by atoms with van der Waals surface area (Å²) in [6.07, 6.45) is -0.329. The number of rotatable bonds is 5. The Bertz CT molecular complexity index is 827. The summed E-state index contributed by atoms with van der Waals surface area (Å²) < 4.78 is 10.8. The largest absolute Gasteiger partial charge is 0.481 e. The number of carbonyl (C=O) groups excluding carboxylic acids is 1. The van der Waals surface area contributed by atoms with Crippen LogP contribution < -0.4 is 5.32 Å². The van der Waals surface area contributed by atoms with Crippen molar-refractivity contribution in [3.05, 3.63) is 59.7 Å². The van der Waals surface area contributed by atoms with Crippen molar-refractivity contribution in [2.75, 3.05) is 19.8 Å². The number of fused-ring (bicyclic) bond motifs is 3. The van der Waals surface area contributed by atoms with E-state index in [1.165, 1.54) is 0 Å². The van der Waals surface area contributed by atoms with Gasteiger partial charge in [0.15, 0.2) is 0 Å². The van der Waals surface area contributed by atoms with Crippen molar-refractivity contribution in [1.82, 2.24) is 5.32 Å². The molecule has 1 heterocycles. The van der Waals surface area contributed by atoms with Crippen LogP contribution in [0.15, 0.2) is 48.5 Å². The van der Waals surface area contributed by atoms with Crippen LogP contribution in [0.2, 0.25) is 0 Å². The molecule has 1 atom stereocenters. The van der Waals surface area contributed by atoms with Gasteiger partial charge in [-0.25, -0.2) is 4.79 Å². The van der Waals surface area contributed by atoms with Gasteiger partial charge < -0.3 is 19.9 Å². The van der Waals surface area contributed by atoms with Gasteiger partial charge in [0.2, 0.25) is 0 Å². The second-order valence-electron chi connectivity index (χ2n) is 7.10. The highest BCUT2D eigenvalue weighted by molar-refractivity contribution is 5.79. The number of carbonyl (C=O) groups is 2. The number of carboxylic acids is 1. The predicted molar refractivity (Wildman–Crippen MR) is 98.6 cm³/mol. The van der Waals surface area contributed by atoms with Gasteiger partial charge in [-0.15, -0.1) is 0 Å². The Hall–Kier alpha value is -2.86. The van der Waals surface area contributed by atoms with E-state index in [4.69, 9.17) is 14.6 Å². The summed E-state index contributed by atoms with van der Waals surface area (Å²) >= 11 is 0. The minimum Gasteiger partial charge on any atom is -0.481 e. The van der Waals surface area contributed by atoms with Gasteiger partial charge in [0.05, 0.1) is 18.6 Å². The molecule has 2 N–H and O–H groups in total. The highest BCUT2D eigenvalue weighted by Crippen LogP contribution is 2.44. The van der Waals surface area contributed by atoms with Gasteiger partial charge in [-0.1, -0.05) is 48.5 Å². The summed E-state index contributed by atoms with van der Waals surface area (Å²) in [6.45, 7) is 0.810. The van der Waals surface area contributed by atoms with Gasteiger partial charge in [0.1, 0.15) is 6.61 Å². The third kappa shape index (κ3) is 3.40. The number of hydrogen-bond acceptors (Lipinski definition) is 4. The Labute approximate surface area is 157 Å². The van der Waals surface area contributed by atoms with Crippen molar-refractivity contribution in [3.8, 4) is 11.1 Å². The van der Waals surface area contributed by atoms with Gasteiger partial charge in [-0.3, -0.25) is 4.79 Å². The molecule has 1 aliphatic heterocycles. The predicted octanol–water partition coefficient (Wildman–Crippen LogP) is 3.16. The van der Waals surface area contributed by atoms with E-state index in [9.17, 15) is 9.59 Å². The number of alkyl carbamates (subject to hydrolysis) is 1. The first kappa shape index (κ1) is 17.5. The van der Waals surface area contributed by atoms with Crippen molar-refractivity contribution in [2.24, 2.45) is 0 Å². The van der Waals surface area contributed by atoms with Crippen LogP contribution in [0, 0.1) is 0 Å². The molecule has 1 amide bonds. The van der Waals surface area contributed by atoms with E-state index in [1.807, 2.05) is 24.3 Å². The average molecular weight is 367 g/mol. The van der Waals surface area contributed by atoms with Crippen LogP contribution in [-0.2, 0) is 14.3 Å². The highest BCUT2D eigenvalue weighted by Gasteiger charge is 2.39. The first-order valence-electron chi connectivity index (χ1n) is 9.01. The smallest absolute Gasteiger partial charge is 0.407 e. The first-order chi connectivity index (χ1) is 13.1. The second-order valence-corrected chi connectivity index (χ2v) is 7.10. The summed E-state index contributed by atoms with van der Waals surface area (Å²) in [7, 11) is 0. The lowest BCUT2D eigenvalue weighted by atomic mass is 9.94. The average Bonchev–Trinajstić information content (AvgIpc) is 3.22. The Kier molecular flexibility index (Phi) is 4.58. The van der Waals surface area contributed by atoms with Crippen molar-refractivity contribution in [1.29, 1.82) is 0 Å². The van der Waals surface area contributed by atoms with Crippen LogP contribution in [-0.4, -0.2) is 42.5 Å². The minimum atomic E-state index is -0.973. The minimum absolute atomic E-state index is 0.0293. The molecule has 6 nitrogen and oxygen atoms in total. The van der Waals surface area contributed by atoms with E-state index in [0.29, 0.717) is 13.0 Å². The maximum absolute atomic E-state index is 12.4. The molecule has 2 aromatic carbocycles. The van der Waals surface area contributed by atoms with Crippen LogP contribution in [0.5, 0.6) is 0 Å². The molecule has 140 valence electrons. The summed E-state index contributed by atoms with van der Waals surface area (Å²) in [5, 5.41) is 11.9. The van der Waals surface area contributed by atoms with Crippen LogP contribution in [0.25, 0.3) is 11.1 Å². The molecule has 6 heteroatoms. The number of nitrogens with one attached hydrogen (secondary N) is 1. The third-order valence-corrected chi connectivity index (χ3v) is 5.30. The van der Waals surface area contributed by atoms with Gasteiger partial charge >= 0.3 is 12.1 Å². The number of ether oxygens (including phenoxy) is 2. The molecule has 0 radical (unpaired) electrons. The molecule has 0 bridgehead atoms. The van der Waals surface area contributed by atoms with E-state index in [2.05, 4.69) is 29.6 Å². The van der Waals surface area contributed by atoms with E-state index >= 15 is 0 Å². The summed E-state index contributed by atoms with van der Waals surface area (Å²) in [5.41, 5.74) is 3.70. The molecule has 1 fully saturated rings. The number of amides is 1. The lowest BCUT2D eigenvalue weighted by molar-refractivity contribution is -0.138. The van der Waals surface area contributed by atoms with E-state index in [0.717, 1.165) is 22.3 Å². The molecular weight excluding hydrogens is 346 g/mol. The van der Waals surface area contributed by atoms with Gasteiger partial charge in [-0.2, -0.15) is 0 Å². The number of aliphatic carboxylic acids is 1. The molecule has 0 spiro atoms. The molecule has 1 unspecified atom stereocenters. The Morgan fingerprint density at radius 1 is 1.11 bits per heavy atom. The SMILES string of the molecule is O=C(O)CC1(NC(=O)OCC2c3ccccc3-c3ccccc32)CCOC1. The fourth-order valence-corrected chi connectivity index (χ4v) is 4.03. The molecule has 0 aromatic heterocycles. The zero-order chi connectivity index (χ0) is 18.9. The van der Waals surface area contributed by atoms with Gasteiger partial charge in [-0.05, 0) is 28.7 Å². The molecule has 1 saturated heterocycles. The standard InChI is InChI=1S/C21H21NO5/c23-19(24)11-21(9-10-26-13-21)22-20(25)27-12-18-16-7-3-1-5-14(16)15-6-2-4-8-17(15)18/h1-8,18H,9-13H2,(H,22,25)(H,23,24). The van der Waals surface area contributed by atoms with Gasteiger partial charge in [0, 0.05) is 12.5 Å². The summed E-state index contributed by atoms with van der Waals surface area (Å²) in [6, 6.07) is 16.2. The normalized spacial score (nSPS) is 20.7.